The summed E-state index contributed by atoms with van der Waals surface area (Å²) in [7, 11) is 3.65. The first-order valence-corrected chi connectivity index (χ1v) is 9.89. The van der Waals surface area contributed by atoms with Gasteiger partial charge >= 0.3 is 0 Å². The van der Waals surface area contributed by atoms with Crippen LogP contribution in [0.4, 0.5) is 0 Å². The van der Waals surface area contributed by atoms with E-state index < -0.39 is 0 Å². The molecule has 1 fully saturated rings. The summed E-state index contributed by atoms with van der Waals surface area (Å²) in [4.78, 5) is 23.8. The first-order chi connectivity index (χ1) is 13.1. The fourth-order valence-electron chi connectivity index (χ4n) is 3.90. The average Bonchev–Trinajstić information content (AvgIpc) is 3.06. The average molecular weight is 374 g/mol. The fourth-order valence-corrected chi connectivity index (χ4v) is 3.90. The minimum Gasteiger partial charge on any atom is -0.383 e. The summed E-state index contributed by atoms with van der Waals surface area (Å²) in [5, 5.41) is 3.35. The number of aryl methyl sites for hydroxylation is 1. The lowest BCUT2D eigenvalue weighted by atomic mass is 10.0. The largest absolute Gasteiger partial charge is 0.383 e. The van der Waals surface area contributed by atoms with Gasteiger partial charge in [-0.2, -0.15) is 0 Å². The summed E-state index contributed by atoms with van der Waals surface area (Å²) in [6.45, 7) is 4.71. The molecule has 0 aliphatic carbocycles. The predicted molar refractivity (Wildman–Crippen MR) is 106 cm³/mol. The third-order valence-corrected chi connectivity index (χ3v) is 5.41. The topological polar surface area (TPSA) is 72.3 Å². The van der Waals surface area contributed by atoms with Crippen LogP contribution in [-0.4, -0.2) is 65.2 Å². The minimum absolute atomic E-state index is 0.151. The molecule has 1 saturated heterocycles. The van der Waals surface area contributed by atoms with Crippen molar-refractivity contribution in [1.82, 2.24) is 24.8 Å². The van der Waals surface area contributed by atoms with Gasteiger partial charge in [-0.15, -0.1) is 0 Å². The fraction of sp³-hybridized carbons (Fsp3) is 0.650. The molecular weight excluding hydrogens is 342 g/mol. The van der Waals surface area contributed by atoms with Gasteiger partial charge in [-0.3, -0.25) is 4.79 Å². The molecule has 0 saturated carbocycles. The first kappa shape index (κ1) is 19.8. The molecule has 148 valence electrons. The number of amides is 1. The van der Waals surface area contributed by atoms with E-state index in [4.69, 9.17) is 9.72 Å². The number of piperidine rings is 1. The zero-order valence-corrected chi connectivity index (χ0v) is 16.6. The van der Waals surface area contributed by atoms with E-state index in [0.29, 0.717) is 19.1 Å². The molecule has 0 bridgehead atoms. The molecule has 3 rings (SSSR count). The van der Waals surface area contributed by atoms with Gasteiger partial charge in [-0.05, 0) is 51.4 Å². The number of nitrogens with zero attached hydrogens (tertiary/aromatic N) is 4. The second-order valence-electron chi connectivity index (χ2n) is 7.39. The van der Waals surface area contributed by atoms with E-state index in [1.54, 1.807) is 13.3 Å². The highest BCUT2D eigenvalue weighted by atomic mass is 16.5. The summed E-state index contributed by atoms with van der Waals surface area (Å²) in [6, 6.07) is 4.41. The van der Waals surface area contributed by atoms with Crippen LogP contribution in [0.5, 0.6) is 0 Å². The monoisotopic (exact) mass is 373 g/mol. The second kappa shape index (κ2) is 9.28. The zero-order chi connectivity index (χ0) is 19.2. The first-order valence-electron chi connectivity index (χ1n) is 9.89. The number of methoxy groups -OCH3 is 1. The molecule has 1 amide bonds. The van der Waals surface area contributed by atoms with Crippen LogP contribution < -0.4 is 5.32 Å². The van der Waals surface area contributed by atoms with Gasteiger partial charge in [0.25, 0.3) is 0 Å². The van der Waals surface area contributed by atoms with Crippen LogP contribution in [0.3, 0.4) is 0 Å². The molecule has 0 radical (unpaired) electrons. The Morgan fingerprint density at radius 2 is 2.22 bits per heavy atom. The van der Waals surface area contributed by atoms with Crippen LogP contribution in [-0.2, 0) is 16.0 Å². The molecule has 0 unspecified atom stereocenters. The molecule has 1 aliphatic heterocycles. The number of hydrogen-bond donors (Lipinski definition) is 1. The van der Waals surface area contributed by atoms with Crippen LogP contribution in [0.2, 0.25) is 0 Å². The zero-order valence-electron chi connectivity index (χ0n) is 16.6. The van der Waals surface area contributed by atoms with Gasteiger partial charge in [0.15, 0.2) is 5.65 Å². The van der Waals surface area contributed by atoms with Crippen LogP contribution in [0.15, 0.2) is 18.3 Å². The van der Waals surface area contributed by atoms with Gasteiger partial charge in [0.1, 0.15) is 11.3 Å². The normalized spacial score (nSPS) is 16.6. The Hall–Kier alpha value is -1.99. The molecule has 2 aromatic heterocycles. The van der Waals surface area contributed by atoms with Crippen molar-refractivity contribution >= 4 is 17.1 Å². The van der Waals surface area contributed by atoms with Crippen LogP contribution in [0.1, 0.15) is 44.5 Å². The Morgan fingerprint density at radius 3 is 2.96 bits per heavy atom. The van der Waals surface area contributed by atoms with E-state index in [0.717, 1.165) is 55.8 Å². The minimum atomic E-state index is 0.151. The maximum Gasteiger partial charge on any atom is 0.222 e. The Labute approximate surface area is 161 Å². The summed E-state index contributed by atoms with van der Waals surface area (Å²) < 4.78 is 7.48. The third kappa shape index (κ3) is 4.65. The number of nitrogens with one attached hydrogen (secondary N) is 1. The molecule has 27 heavy (non-hydrogen) atoms. The van der Waals surface area contributed by atoms with Crippen molar-refractivity contribution in [2.75, 3.05) is 33.9 Å². The van der Waals surface area contributed by atoms with Gasteiger partial charge < -0.3 is 19.5 Å². The molecule has 0 aromatic carbocycles. The van der Waals surface area contributed by atoms with Crippen molar-refractivity contribution in [3.63, 3.8) is 0 Å². The molecule has 7 nitrogen and oxygen atoms in total. The second-order valence-corrected chi connectivity index (χ2v) is 7.39. The lowest BCUT2D eigenvalue weighted by molar-refractivity contribution is -0.132. The molecule has 1 aliphatic rings. The van der Waals surface area contributed by atoms with Crippen molar-refractivity contribution in [3.05, 3.63) is 24.2 Å². The lowest BCUT2D eigenvalue weighted by Gasteiger charge is -2.31. The standard InChI is InChI=1S/C20H31N5O2/c1-15(14-27-3)25-18(23-17-6-5-11-22-20(17)25)7-4-8-19(26)24(2)16-9-12-21-13-10-16/h5-6,11,15-16,21H,4,7-10,12-14H2,1-3H3/t15-/m1/s1. The molecule has 7 heteroatoms. The van der Waals surface area contributed by atoms with Crippen molar-refractivity contribution < 1.29 is 9.53 Å². The predicted octanol–water partition coefficient (Wildman–Crippen LogP) is 2.17. The maximum atomic E-state index is 12.6. The van der Waals surface area contributed by atoms with E-state index in [9.17, 15) is 4.79 Å². The highest BCUT2D eigenvalue weighted by Crippen LogP contribution is 2.21. The number of pyridine rings is 1. The summed E-state index contributed by atoms with van der Waals surface area (Å²) >= 11 is 0. The molecule has 1 atom stereocenters. The molecule has 2 aromatic rings. The summed E-state index contributed by atoms with van der Waals surface area (Å²) in [5.74, 6) is 1.21. The van der Waals surface area contributed by atoms with E-state index in [1.165, 1.54) is 0 Å². The number of carbonyl (C=O) groups excluding carboxylic acids is 1. The molecule has 0 spiro atoms. The van der Waals surface area contributed by atoms with Crippen molar-refractivity contribution in [1.29, 1.82) is 0 Å². The molecule has 3 heterocycles. The van der Waals surface area contributed by atoms with Crippen LogP contribution in [0.25, 0.3) is 11.2 Å². The maximum absolute atomic E-state index is 12.6. The van der Waals surface area contributed by atoms with Crippen molar-refractivity contribution in [2.45, 2.75) is 51.1 Å². The van der Waals surface area contributed by atoms with Crippen molar-refractivity contribution in [3.8, 4) is 0 Å². The number of ether oxygens (including phenoxy) is 1. The van der Waals surface area contributed by atoms with Crippen LogP contribution >= 0.6 is 0 Å². The smallest absolute Gasteiger partial charge is 0.222 e. The number of rotatable bonds is 8. The highest BCUT2D eigenvalue weighted by molar-refractivity contribution is 5.76. The Balaban J connectivity index is 1.64. The summed E-state index contributed by atoms with van der Waals surface area (Å²) in [5.41, 5.74) is 1.78. The number of aromatic nitrogens is 3. The van der Waals surface area contributed by atoms with E-state index >= 15 is 0 Å². The number of imidazole rings is 1. The van der Waals surface area contributed by atoms with E-state index in [-0.39, 0.29) is 11.9 Å². The lowest BCUT2D eigenvalue weighted by Crippen LogP contribution is -2.43. The van der Waals surface area contributed by atoms with E-state index in [1.807, 2.05) is 24.1 Å². The number of hydrogen-bond acceptors (Lipinski definition) is 5. The van der Waals surface area contributed by atoms with Gasteiger partial charge in [-0.1, -0.05) is 0 Å². The summed E-state index contributed by atoms with van der Waals surface area (Å²) in [6.07, 6.45) is 5.97. The van der Waals surface area contributed by atoms with Crippen molar-refractivity contribution in [2.24, 2.45) is 0 Å². The number of carbonyl (C=O) groups is 1. The van der Waals surface area contributed by atoms with Crippen LogP contribution in [0, 0.1) is 0 Å². The van der Waals surface area contributed by atoms with Gasteiger partial charge in [-0.25, -0.2) is 9.97 Å². The molecular formula is C20H31N5O2. The Morgan fingerprint density at radius 1 is 1.44 bits per heavy atom. The van der Waals surface area contributed by atoms with Gasteiger partial charge in [0.2, 0.25) is 5.91 Å². The quantitative estimate of drug-likeness (QED) is 0.768. The Kier molecular flexibility index (Phi) is 6.79. The Bertz CT molecular complexity index is 754. The number of fused-ring (bicyclic) bond motifs is 1. The van der Waals surface area contributed by atoms with Gasteiger partial charge in [0, 0.05) is 39.2 Å². The third-order valence-electron chi connectivity index (χ3n) is 5.41. The van der Waals surface area contributed by atoms with Gasteiger partial charge in [0.05, 0.1) is 12.6 Å². The van der Waals surface area contributed by atoms with E-state index in [2.05, 4.69) is 21.8 Å². The SMILES string of the molecule is COC[C@@H](C)n1c(CCCC(=O)N(C)C2CCNCC2)nc2cccnc21. The highest BCUT2D eigenvalue weighted by Gasteiger charge is 2.22. The molecule has 1 N–H and O–H groups in total.